The molecular weight excluding hydrogens is 512 g/mol. The Morgan fingerprint density at radius 1 is 0.848 bits per heavy atom. The minimum absolute atomic E-state index is 0. The Labute approximate surface area is 241 Å². The fourth-order valence-corrected chi connectivity index (χ4v) is 4.02. The van der Waals surface area contributed by atoms with Gasteiger partial charge in [-0.2, -0.15) is 0 Å². The largest absolute Gasteiger partial charge is 1.00 e. The molecule has 0 radical (unpaired) electrons. The van der Waals surface area contributed by atoms with Crippen LogP contribution in [0.5, 0.6) is 0 Å². The van der Waals surface area contributed by atoms with E-state index in [1.165, 1.54) is 43.3 Å². The van der Waals surface area contributed by atoms with Crippen LogP contribution < -0.4 is 75.1 Å². The van der Waals surface area contributed by atoms with Gasteiger partial charge in [0.25, 0.3) is 0 Å². The number of rotatable bonds is 6. The molecule has 166 valence electrons. The summed E-state index contributed by atoms with van der Waals surface area (Å²) < 4.78 is 70.0. The Bertz CT molecular complexity index is 1280. The average Bonchev–Trinajstić information content (AvgIpc) is 2.65. The summed E-state index contributed by atoms with van der Waals surface area (Å²) in [6.07, 6.45) is 2.37. The molecule has 0 spiro atoms. The second kappa shape index (κ2) is 13.3. The Morgan fingerprint density at radius 3 is 1.58 bits per heavy atom. The summed E-state index contributed by atoms with van der Waals surface area (Å²) in [5, 5.41) is 7.89. The Kier molecular flexibility index (Phi) is 13.0. The van der Waals surface area contributed by atoms with E-state index in [2.05, 4.69) is 16.0 Å². The first-order chi connectivity index (χ1) is 14.3. The smallest absolute Gasteiger partial charge is 0.744 e. The van der Waals surface area contributed by atoms with E-state index in [-0.39, 0.29) is 86.7 Å². The molecule has 0 bridgehead atoms. The second-order valence-electron chi connectivity index (χ2n) is 6.13. The van der Waals surface area contributed by atoms with Gasteiger partial charge in [0.2, 0.25) is 5.91 Å². The molecule has 3 N–H and O–H groups in total. The van der Waals surface area contributed by atoms with Gasteiger partial charge in [0.1, 0.15) is 20.2 Å². The van der Waals surface area contributed by atoms with E-state index in [4.69, 9.17) is 12.2 Å². The summed E-state index contributed by atoms with van der Waals surface area (Å²) in [4.78, 5) is 9.96. The first kappa shape index (κ1) is 32.2. The van der Waals surface area contributed by atoms with Gasteiger partial charge in [-0.05, 0) is 47.6 Å². The molecule has 0 saturated heterocycles. The molecule has 0 aliphatic carbocycles. The van der Waals surface area contributed by atoms with E-state index >= 15 is 0 Å². The van der Waals surface area contributed by atoms with Crippen LogP contribution in [0.15, 0.2) is 46.2 Å². The SMILES string of the molecule is CNC(=S)Nc1ccc(C=Cc2ccc(NC(C)=O)cc2S(=O)(=O)[O-])c(S(=O)(=O)[O-])c1.[Na+].[Na+]. The maximum Gasteiger partial charge on any atom is 1.00 e. The van der Waals surface area contributed by atoms with Crippen LogP contribution in [0.25, 0.3) is 12.2 Å². The molecule has 0 saturated carbocycles. The van der Waals surface area contributed by atoms with Gasteiger partial charge in [0, 0.05) is 25.3 Å². The van der Waals surface area contributed by atoms with Crippen molar-refractivity contribution in [3.8, 4) is 0 Å². The predicted molar refractivity (Wildman–Crippen MR) is 117 cm³/mol. The number of carbonyl (C=O) groups is 1. The first-order valence-electron chi connectivity index (χ1n) is 8.45. The topological polar surface area (TPSA) is 168 Å². The molecule has 15 heteroatoms. The zero-order valence-electron chi connectivity index (χ0n) is 18.2. The molecule has 33 heavy (non-hydrogen) atoms. The molecule has 0 aliphatic rings. The van der Waals surface area contributed by atoms with E-state index in [0.29, 0.717) is 0 Å². The first-order valence-corrected chi connectivity index (χ1v) is 11.7. The van der Waals surface area contributed by atoms with Crippen LogP contribution in [0.3, 0.4) is 0 Å². The quantitative estimate of drug-likeness (QED) is 0.144. The van der Waals surface area contributed by atoms with Gasteiger partial charge >= 0.3 is 59.1 Å². The number of hydrogen-bond donors (Lipinski definition) is 3. The molecule has 0 aliphatic heterocycles. The van der Waals surface area contributed by atoms with Crippen LogP contribution in [-0.2, 0) is 25.0 Å². The van der Waals surface area contributed by atoms with Crippen LogP contribution in [0.1, 0.15) is 18.1 Å². The van der Waals surface area contributed by atoms with Crippen molar-refractivity contribution in [1.29, 1.82) is 0 Å². The number of amides is 1. The van der Waals surface area contributed by atoms with Crippen LogP contribution in [-0.4, -0.2) is 44.0 Å². The normalized spacial score (nSPS) is 11.2. The van der Waals surface area contributed by atoms with Gasteiger partial charge in [-0.1, -0.05) is 24.3 Å². The number of nitrogens with one attached hydrogen (secondary N) is 3. The van der Waals surface area contributed by atoms with E-state index in [1.54, 1.807) is 7.05 Å². The summed E-state index contributed by atoms with van der Waals surface area (Å²) in [5.41, 5.74) is 0.249. The number of anilines is 2. The van der Waals surface area contributed by atoms with Crippen molar-refractivity contribution in [2.75, 3.05) is 17.7 Å². The van der Waals surface area contributed by atoms with Crippen molar-refractivity contribution < 1.29 is 89.9 Å². The van der Waals surface area contributed by atoms with Gasteiger partial charge in [-0.15, -0.1) is 0 Å². The summed E-state index contributed by atoms with van der Waals surface area (Å²) in [7, 11) is -8.26. The summed E-state index contributed by atoms with van der Waals surface area (Å²) in [5.74, 6) is -0.464. The van der Waals surface area contributed by atoms with Gasteiger partial charge in [0.15, 0.2) is 5.11 Å². The zero-order chi connectivity index (χ0) is 23.4. The summed E-state index contributed by atoms with van der Waals surface area (Å²) in [6.45, 7) is 1.21. The molecule has 0 atom stereocenters. The van der Waals surface area contributed by atoms with Crippen LogP contribution in [0.2, 0.25) is 0 Å². The van der Waals surface area contributed by atoms with Crippen molar-refractivity contribution >= 4 is 67.0 Å². The van der Waals surface area contributed by atoms with E-state index < -0.39 is 35.9 Å². The third-order valence-electron chi connectivity index (χ3n) is 3.81. The fourth-order valence-electron chi connectivity index (χ4n) is 2.51. The van der Waals surface area contributed by atoms with Gasteiger partial charge < -0.3 is 25.1 Å². The van der Waals surface area contributed by atoms with Crippen LogP contribution >= 0.6 is 12.2 Å². The Morgan fingerprint density at radius 2 is 1.24 bits per heavy atom. The van der Waals surface area contributed by atoms with Gasteiger partial charge in [-0.25, -0.2) is 16.8 Å². The molecular formula is C18H17N3Na2O7S3. The van der Waals surface area contributed by atoms with Crippen molar-refractivity contribution in [2.24, 2.45) is 0 Å². The molecule has 0 aromatic heterocycles. The molecule has 0 heterocycles. The number of hydrogen-bond acceptors (Lipinski definition) is 8. The van der Waals surface area contributed by atoms with Crippen molar-refractivity contribution in [3.05, 3.63) is 47.5 Å². The minimum Gasteiger partial charge on any atom is -0.744 e. The molecule has 2 rings (SSSR count). The maximum absolute atomic E-state index is 11.7. The Hall–Kier alpha value is -0.840. The van der Waals surface area contributed by atoms with E-state index in [0.717, 1.165) is 12.1 Å². The average molecular weight is 530 g/mol. The van der Waals surface area contributed by atoms with Crippen molar-refractivity contribution in [3.63, 3.8) is 0 Å². The standard InChI is InChI=1S/C18H19N3O7S3.2Na/c1-11(22)20-14-7-5-12(16(9-14)30(23,24)25)3-4-13-6-8-15(21-18(29)19-2)10-17(13)31(26,27)28;;/h3-10H,1-2H3,(H,20,22)(H2,19,21,29)(H,23,24,25)(H,26,27,28);;/q;2*+1/p-2. The minimum atomic E-state index is -4.92. The number of benzene rings is 2. The van der Waals surface area contributed by atoms with E-state index in [9.17, 15) is 30.7 Å². The summed E-state index contributed by atoms with van der Waals surface area (Å²) in [6, 6.07) is 7.48. The molecule has 0 unspecified atom stereocenters. The van der Waals surface area contributed by atoms with Crippen LogP contribution in [0.4, 0.5) is 11.4 Å². The maximum atomic E-state index is 11.7. The van der Waals surface area contributed by atoms with Crippen molar-refractivity contribution in [2.45, 2.75) is 16.7 Å². The van der Waals surface area contributed by atoms with E-state index in [1.807, 2.05) is 0 Å². The third-order valence-corrected chi connectivity index (χ3v) is 5.90. The summed E-state index contributed by atoms with van der Waals surface area (Å²) >= 11 is 4.93. The molecule has 1 amide bonds. The number of carbonyl (C=O) groups excluding carboxylic acids is 1. The molecule has 0 fully saturated rings. The van der Waals surface area contributed by atoms with Gasteiger partial charge in [0.05, 0.1) is 9.79 Å². The molecule has 10 nitrogen and oxygen atoms in total. The zero-order valence-corrected chi connectivity index (χ0v) is 24.7. The third kappa shape index (κ3) is 9.74. The number of thiocarbonyl (C=S) groups is 1. The molecule has 2 aromatic rings. The predicted octanol–water partition coefficient (Wildman–Crippen LogP) is -4.45. The van der Waals surface area contributed by atoms with Gasteiger partial charge in [-0.3, -0.25) is 4.79 Å². The van der Waals surface area contributed by atoms with Crippen molar-refractivity contribution in [1.82, 2.24) is 5.32 Å². The Balaban J connectivity index is 0.00000512. The fraction of sp³-hybridized carbons (Fsp3) is 0.111. The second-order valence-corrected chi connectivity index (χ2v) is 9.24. The molecule has 2 aromatic carbocycles. The monoisotopic (exact) mass is 529 g/mol. The van der Waals surface area contributed by atoms with Crippen LogP contribution in [0, 0.1) is 0 Å².